The zero-order valence-corrected chi connectivity index (χ0v) is 10.7. The Hall–Kier alpha value is -2.91. The Morgan fingerprint density at radius 3 is 2.85 bits per heavy atom. The molecule has 1 heterocycles. The molecule has 0 aliphatic carbocycles. The number of nitrogens with one attached hydrogen (secondary N) is 1. The molecule has 10 nitrogen and oxygen atoms in total. The van der Waals surface area contributed by atoms with E-state index >= 15 is 0 Å². The van der Waals surface area contributed by atoms with Gasteiger partial charge in [0.05, 0.1) is 11.5 Å². The van der Waals surface area contributed by atoms with Crippen LogP contribution in [0, 0.1) is 10.1 Å². The van der Waals surface area contributed by atoms with Crippen molar-refractivity contribution in [3.63, 3.8) is 0 Å². The molecule has 1 amide bonds. The first-order valence-corrected chi connectivity index (χ1v) is 5.49. The first-order chi connectivity index (χ1) is 9.49. The average Bonchev–Trinajstić information content (AvgIpc) is 2.35. The molecule has 0 saturated heterocycles. The van der Waals surface area contributed by atoms with Gasteiger partial charge in [0.2, 0.25) is 11.6 Å². The van der Waals surface area contributed by atoms with Crippen LogP contribution in [0.15, 0.2) is 12.7 Å². The molecular formula is C10H13N5O5. The van der Waals surface area contributed by atoms with Gasteiger partial charge in [-0.2, -0.15) is 9.97 Å². The van der Waals surface area contributed by atoms with E-state index in [9.17, 15) is 14.9 Å². The first kappa shape index (κ1) is 15.1. The van der Waals surface area contributed by atoms with Crippen LogP contribution in [-0.2, 0) is 4.74 Å². The molecule has 1 rings (SSSR count). The normalized spacial score (nSPS) is 9.65. The molecule has 3 N–H and O–H groups in total. The Morgan fingerprint density at radius 1 is 1.60 bits per heavy atom. The quantitative estimate of drug-likeness (QED) is 0.448. The largest absolute Gasteiger partial charge is 0.459 e. The summed E-state index contributed by atoms with van der Waals surface area (Å²) in [6, 6.07) is -0.222. The highest BCUT2D eigenvalue weighted by Crippen LogP contribution is 2.29. The molecule has 0 unspecified atom stereocenters. The first-order valence-electron chi connectivity index (χ1n) is 5.49. The van der Waals surface area contributed by atoms with Gasteiger partial charge in [-0.3, -0.25) is 15.4 Å². The third-order valence-electron chi connectivity index (χ3n) is 1.90. The van der Waals surface area contributed by atoms with Crippen molar-refractivity contribution in [2.24, 2.45) is 0 Å². The van der Waals surface area contributed by atoms with Crippen LogP contribution < -0.4 is 15.8 Å². The van der Waals surface area contributed by atoms with Gasteiger partial charge in [-0.1, -0.05) is 12.7 Å². The monoisotopic (exact) mass is 283 g/mol. The van der Waals surface area contributed by atoms with Crippen LogP contribution in [0.25, 0.3) is 0 Å². The second kappa shape index (κ2) is 6.87. The molecule has 0 bridgehead atoms. The fourth-order valence-corrected chi connectivity index (χ4v) is 1.18. The molecule has 1 aromatic heterocycles. The van der Waals surface area contributed by atoms with E-state index in [2.05, 4.69) is 26.6 Å². The lowest BCUT2D eigenvalue weighted by molar-refractivity contribution is -0.383. The number of aromatic nitrogens is 2. The van der Waals surface area contributed by atoms with E-state index in [4.69, 9.17) is 10.5 Å². The van der Waals surface area contributed by atoms with Crippen molar-refractivity contribution in [1.82, 2.24) is 9.97 Å². The topological polar surface area (TPSA) is 142 Å². The predicted molar refractivity (Wildman–Crippen MR) is 69.4 cm³/mol. The minimum atomic E-state index is -0.900. The molecule has 20 heavy (non-hydrogen) atoms. The number of nitrogens with zero attached hydrogens (tertiary/aromatic N) is 3. The molecule has 0 atom stereocenters. The Kier molecular flexibility index (Phi) is 5.21. The number of nitrogens with two attached hydrogens (primary N) is 1. The van der Waals surface area contributed by atoms with Crippen molar-refractivity contribution in [2.45, 2.75) is 6.92 Å². The smallest absolute Gasteiger partial charge is 0.412 e. The molecule has 0 radical (unpaired) electrons. The number of hydrogen-bond donors (Lipinski definition) is 2. The number of nitrogen functional groups attached to an aromatic ring is 1. The molecule has 10 heteroatoms. The summed E-state index contributed by atoms with van der Waals surface area (Å²) >= 11 is 0. The third-order valence-corrected chi connectivity index (χ3v) is 1.90. The third kappa shape index (κ3) is 3.80. The fourth-order valence-electron chi connectivity index (χ4n) is 1.18. The van der Waals surface area contributed by atoms with Gasteiger partial charge in [-0.05, 0) is 6.92 Å². The molecule has 0 aliphatic rings. The van der Waals surface area contributed by atoms with Crippen molar-refractivity contribution in [1.29, 1.82) is 0 Å². The van der Waals surface area contributed by atoms with Crippen LogP contribution in [-0.4, -0.2) is 34.2 Å². The van der Waals surface area contributed by atoms with Gasteiger partial charge in [0, 0.05) is 0 Å². The van der Waals surface area contributed by atoms with E-state index < -0.39 is 28.3 Å². The molecule has 0 aromatic carbocycles. The number of anilines is 2. The predicted octanol–water partition coefficient (Wildman–Crippen LogP) is 1.10. The van der Waals surface area contributed by atoms with Crippen molar-refractivity contribution >= 4 is 23.4 Å². The summed E-state index contributed by atoms with van der Waals surface area (Å²) in [5.74, 6) is -0.837. The summed E-state index contributed by atoms with van der Waals surface area (Å²) in [6.07, 6.45) is 0.530. The maximum atomic E-state index is 11.3. The number of carbonyl (C=O) groups is 1. The van der Waals surface area contributed by atoms with Crippen LogP contribution in [0.5, 0.6) is 6.01 Å². The molecular weight excluding hydrogens is 270 g/mol. The summed E-state index contributed by atoms with van der Waals surface area (Å²) in [5, 5.41) is 13.0. The minimum absolute atomic E-state index is 0.0795. The highest BCUT2D eigenvalue weighted by Gasteiger charge is 2.25. The summed E-state index contributed by atoms with van der Waals surface area (Å²) in [6.45, 7) is 5.19. The van der Waals surface area contributed by atoms with Crippen molar-refractivity contribution in [3.05, 3.63) is 22.8 Å². The lowest BCUT2D eigenvalue weighted by atomic mass is 10.4. The van der Waals surface area contributed by atoms with Crippen LogP contribution in [0.3, 0.4) is 0 Å². The zero-order chi connectivity index (χ0) is 15.1. The maximum Gasteiger partial charge on any atom is 0.412 e. The van der Waals surface area contributed by atoms with E-state index in [-0.39, 0.29) is 19.2 Å². The lowest BCUT2D eigenvalue weighted by Gasteiger charge is -2.08. The van der Waals surface area contributed by atoms with Crippen molar-refractivity contribution in [3.8, 4) is 6.01 Å². The van der Waals surface area contributed by atoms with Crippen LogP contribution >= 0.6 is 0 Å². The van der Waals surface area contributed by atoms with Crippen LogP contribution in [0.2, 0.25) is 0 Å². The second-order valence-corrected chi connectivity index (χ2v) is 3.29. The molecule has 1 aromatic rings. The van der Waals surface area contributed by atoms with Gasteiger partial charge in [0.15, 0.2) is 0 Å². The molecule has 0 spiro atoms. The van der Waals surface area contributed by atoms with Gasteiger partial charge in [0.25, 0.3) is 0 Å². The summed E-state index contributed by atoms with van der Waals surface area (Å²) < 4.78 is 9.63. The number of carbonyl (C=O) groups excluding carboxylic acids is 1. The number of nitro groups is 1. The standard InChI is InChI=1S/C10H13N5O5/c1-3-5-20-9-12-7(11)6(15(17)18)8(13-9)14-10(16)19-4-2/h3H,1,4-5H2,2H3,(H3,11,12,13,14,16). The van der Waals surface area contributed by atoms with Gasteiger partial charge < -0.3 is 15.2 Å². The minimum Gasteiger partial charge on any atom is -0.459 e. The van der Waals surface area contributed by atoms with Crippen molar-refractivity contribution in [2.75, 3.05) is 24.3 Å². The highest BCUT2D eigenvalue weighted by molar-refractivity contribution is 5.88. The van der Waals surface area contributed by atoms with Crippen LogP contribution in [0.1, 0.15) is 6.92 Å². The van der Waals surface area contributed by atoms with E-state index in [0.717, 1.165) is 0 Å². The summed E-state index contributed by atoms with van der Waals surface area (Å²) in [7, 11) is 0. The Morgan fingerprint density at radius 2 is 2.30 bits per heavy atom. The molecule has 0 saturated carbocycles. The Balaban J connectivity index is 3.14. The zero-order valence-electron chi connectivity index (χ0n) is 10.7. The molecule has 0 fully saturated rings. The molecule has 0 aliphatic heterocycles. The van der Waals surface area contributed by atoms with E-state index in [1.165, 1.54) is 6.08 Å². The summed E-state index contributed by atoms with van der Waals surface area (Å²) in [4.78, 5) is 28.7. The molecule has 108 valence electrons. The second-order valence-electron chi connectivity index (χ2n) is 3.29. The summed E-state index contributed by atoms with van der Waals surface area (Å²) in [5.41, 5.74) is 4.82. The lowest BCUT2D eigenvalue weighted by Crippen LogP contribution is -2.17. The number of ether oxygens (including phenoxy) is 2. The number of amides is 1. The number of rotatable bonds is 6. The average molecular weight is 283 g/mol. The van der Waals surface area contributed by atoms with Crippen LogP contribution in [0.4, 0.5) is 22.1 Å². The maximum absolute atomic E-state index is 11.3. The Labute approximate surface area is 113 Å². The SMILES string of the molecule is C=CCOc1nc(N)c([N+](=O)[O-])c(NC(=O)OCC)n1. The van der Waals surface area contributed by atoms with Gasteiger partial charge >= 0.3 is 17.8 Å². The van der Waals surface area contributed by atoms with Crippen molar-refractivity contribution < 1.29 is 19.2 Å². The van der Waals surface area contributed by atoms with E-state index in [1.54, 1.807) is 6.92 Å². The fraction of sp³-hybridized carbons (Fsp3) is 0.300. The van der Waals surface area contributed by atoms with E-state index in [1.807, 2.05) is 0 Å². The van der Waals surface area contributed by atoms with Gasteiger partial charge in [0.1, 0.15) is 6.61 Å². The number of hydrogen-bond acceptors (Lipinski definition) is 8. The van der Waals surface area contributed by atoms with Gasteiger partial charge in [-0.15, -0.1) is 0 Å². The van der Waals surface area contributed by atoms with Gasteiger partial charge in [-0.25, -0.2) is 4.79 Å². The highest BCUT2D eigenvalue weighted by atomic mass is 16.6. The Bertz CT molecular complexity index is 533. The van der Waals surface area contributed by atoms with E-state index in [0.29, 0.717) is 0 Å².